The summed E-state index contributed by atoms with van der Waals surface area (Å²) in [6.07, 6.45) is 8.77. The summed E-state index contributed by atoms with van der Waals surface area (Å²) >= 11 is 0. The Morgan fingerprint density at radius 2 is 2.18 bits per heavy atom. The molecular formula is C10H9N. The highest BCUT2D eigenvalue weighted by Gasteiger charge is 2.30. The Hall–Kier alpha value is -1.24. The predicted octanol–water partition coefficient (Wildman–Crippen LogP) is 1.80. The zero-order chi connectivity index (χ0) is 7.42. The summed E-state index contributed by atoms with van der Waals surface area (Å²) in [6, 6.07) is 0. The van der Waals surface area contributed by atoms with Crippen molar-refractivity contribution in [2.45, 2.75) is 12.8 Å². The van der Waals surface area contributed by atoms with Crippen LogP contribution < -0.4 is 5.73 Å². The first-order valence-electron chi connectivity index (χ1n) is 3.96. The molecule has 2 N–H and O–H groups in total. The van der Waals surface area contributed by atoms with E-state index < -0.39 is 0 Å². The van der Waals surface area contributed by atoms with Gasteiger partial charge in [-0.2, -0.15) is 0 Å². The third-order valence-electron chi connectivity index (χ3n) is 2.69. The minimum Gasteiger partial charge on any atom is -0.398 e. The second kappa shape index (κ2) is 1.50. The van der Waals surface area contributed by atoms with Crippen molar-refractivity contribution in [2.75, 3.05) is 0 Å². The Morgan fingerprint density at radius 3 is 3.09 bits per heavy atom. The number of hydrogen-bond donors (Lipinski definition) is 1. The van der Waals surface area contributed by atoms with Gasteiger partial charge < -0.3 is 5.73 Å². The largest absolute Gasteiger partial charge is 0.398 e. The molecule has 0 atom stereocenters. The first kappa shape index (κ1) is 5.42. The lowest BCUT2D eigenvalue weighted by Gasteiger charge is -2.02. The van der Waals surface area contributed by atoms with Crippen LogP contribution in [0, 0.1) is 0 Å². The van der Waals surface area contributed by atoms with Gasteiger partial charge in [0.1, 0.15) is 0 Å². The summed E-state index contributed by atoms with van der Waals surface area (Å²) in [7, 11) is 0. The fraction of sp³-hybridized carbons (Fsp3) is 0.200. The third-order valence-corrected chi connectivity index (χ3v) is 2.69. The average molecular weight is 143 g/mol. The van der Waals surface area contributed by atoms with Crippen LogP contribution in [-0.2, 0) is 0 Å². The zero-order valence-electron chi connectivity index (χ0n) is 6.22. The molecule has 1 heteroatoms. The molecule has 0 radical (unpaired) electrons. The van der Waals surface area contributed by atoms with E-state index in [1.165, 1.54) is 22.3 Å². The minimum absolute atomic E-state index is 0.991. The molecule has 54 valence electrons. The van der Waals surface area contributed by atoms with Crippen LogP contribution >= 0.6 is 0 Å². The van der Waals surface area contributed by atoms with Gasteiger partial charge in [-0.25, -0.2) is 0 Å². The van der Waals surface area contributed by atoms with Crippen LogP contribution in [-0.4, -0.2) is 0 Å². The first-order chi connectivity index (χ1) is 5.36. The van der Waals surface area contributed by atoms with Crippen molar-refractivity contribution >= 4 is 0 Å². The van der Waals surface area contributed by atoms with Crippen molar-refractivity contribution in [1.82, 2.24) is 0 Å². The molecule has 0 aliphatic heterocycles. The lowest BCUT2D eigenvalue weighted by molar-refractivity contribution is 1.21. The number of nitrogens with two attached hydrogens (primary N) is 1. The summed E-state index contributed by atoms with van der Waals surface area (Å²) in [5, 5.41) is 0. The normalized spacial score (nSPS) is 25.3. The van der Waals surface area contributed by atoms with Crippen LogP contribution in [0.15, 0.2) is 46.2 Å². The molecule has 0 aromatic carbocycles. The molecule has 0 saturated carbocycles. The molecule has 0 aromatic heterocycles. The van der Waals surface area contributed by atoms with Gasteiger partial charge >= 0.3 is 0 Å². The van der Waals surface area contributed by atoms with E-state index >= 15 is 0 Å². The van der Waals surface area contributed by atoms with Crippen LogP contribution in [0.25, 0.3) is 0 Å². The zero-order valence-corrected chi connectivity index (χ0v) is 6.22. The maximum atomic E-state index is 5.81. The molecule has 0 saturated heterocycles. The molecule has 3 aliphatic carbocycles. The number of hydrogen-bond acceptors (Lipinski definition) is 1. The SMILES string of the molecule is NC1=C2CC(=C1)C1=C2C=CC1. The van der Waals surface area contributed by atoms with Gasteiger partial charge in [0.15, 0.2) is 0 Å². The van der Waals surface area contributed by atoms with E-state index in [-0.39, 0.29) is 0 Å². The van der Waals surface area contributed by atoms with Crippen molar-refractivity contribution in [3.05, 3.63) is 46.2 Å². The van der Waals surface area contributed by atoms with Gasteiger partial charge in [-0.3, -0.25) is 0 Å². The monoisotopic (exact) mass is 143 g/mol. The molecule has 0 heterocycles. The summed E-state index contributed by atoms with van der Waals surface area (Å²) in [6.45, 7) is 0. The highest BCUT2D eigenvalue weighted by atomic mass is 14.6. The standard InChI is InChI=1S/C10H9N/c11-10-5-6-4-9(10)8-3-1-2-7(6)8/h1,3,5H,2,4,11H2. The Bertz CT molecular complexity index is 364. The number of fused-ring (bicyclic) bond motifs is 4. The second-order valence-corrected chi connectivity index (χ2v) is 3.28. The fourth-order valence-corrected chi connectivity index (χ4v) is 2.15. The fourth-order valence-electron chi connectivity index (χ4n) is 2.15. The van der Waals surface area contributed by atoms with Crippen molar-refractivity contribution in [3.63, 3.8) is 0 Å². The first-order valence-corrected chi connectivity index (χ1v) is 3.96. The van der Waals surface area contributed by atoms with Gasteiger partial charge in [-0.15, -0.1) is 0 Å². The highest BCUT2D eigenvalue weighted by molar-refractivity contribution is 5.69. The van der Waals surface area contributed by atoms with E-state index in [0.29, 0.717) is 0 Å². The third kappa shape index (κ3) is 0.484. The lowest BCUT2D eigenvalue weighted by atomic mass is 10.0. The van der Waals surface area contributed by atoms with Gasteiger partial charge in [0, 0.05) is 12.1 Å². The van der Waals surface area contributed by atoms with E-state index in [9.17, 15) is 0 Å². The van der Waals surface area contributed by atoms with Crippen LogP contribution in [0.3, 0.4) is 0 Å². The lowest BCUT2D eigenvalue weighted by Crippen LogP contribution is -1.97. The van der Waals surface area contributed by atoms with E-state index in [2.05, 4.69) is 18.2 Å². The van der Waals surface area contributed by atoms with Crippen LogP contribution in [0.2, 0.25) is 0 Å². The van der Waals surface area contributed by atoms with Gasteiger partial charge in [-0.1, -0.05) is 12.2 Å². The van der Waals surface area contributed by atoms with Crippen molar-refractivity contribution < 1.29 is 0 Å². The van der Waals surface area contributed by atoms with Gasteiger partial charge in [0.25, 0.3) is 0 Å². The quantitative estimate of drug-likeness (QED) is 0.549. The minimum atomic E-state index is 0.991. The second-order valence-electron chi connectivity index (χ2n) is 3.28. The van der Waals surface area contributed by atoms with Gasteiger partial charge in [0.05, 0.1) is 0 Å². The van der Waals surface area contributed by atoms with Crippen molar-refractivity contribution in [3.8, 4) is 0 Å². The molecule has 1 nitrogen and oxygen atoms in total. The van der Waals surface area contributed by atoms with Gasteiger partial charge in [0.2, 0.25) is 0 Å². The van der Waals surface area contributed by atoms with Crippen molar-refractivity contribution in [1.29, 1.82) is 0 Å². The Labute approximate surface area is 65.6 Å². The molecule has 3 rings (SSSR count). The molecule has 0 spiro atoms. The molecule has 3 aliphatic rings. The highest BCUT2D eigenvalue weighted by Crippen LogP contribution is 2.46. The molecule has 0 amide bonds. The molecule has 2 bridgehead atoms. The average Bonchev–Trinajstić information content (AvgIpc) is 2.52. The summed E-state index contributed by atoms with van der Waals surface area (Å²) in [4.78, 5) is 0. The molecule has 11 heavy (non-hydrogen) atoms. The Balaban J connectivity index is 2.30. The van der Waals surface area contributed by atoms with E-state index in [4.69, 9.17) is 5.73 Å². The van der Waals surface area contributed by atoms with Gasteiger partial charge in [-0.05, 0) is 34.8 Å². The number of allylic oxidation sites excluding steroid dienone is 7. The van der Waals surface area contributed by atoms with Crippen LogP contribution in [0.4, 0.5) is 0 Å². The number of rotatable bonds is 0. The molecular weight excluding hydrogens is 134 g/mol. The van der Waals surface area contributed by atoms with E-state index in [1.807, 2.05) is 0 Å². The summed E-state index contributed by atoms with van der Waals surface area (Å²) < 4.78 is 0. The van der Waals surface area contributed by atoms with E-state index in [0.717, 1.165) is 18.5 Å². The van der Waals surface area contributed by atoms with Crippen molar-refractivity contribution in [2.24, 2.45) is 5.73 Å². The van der Waals surface area contributed by atoms with E-state index in [1.54, 1.807) is 0 Å². The molecule has 0 unspecified atom stereocenters. The predicted molar refractivity (Wildman–Crippen MR) is 44.7 cm³/mol. The Kier molecular flexibility index (Phi) is 0.738. The summed E-state index contributed by atoms with van der Waals surface area (Å²) in [5.41, 5.74) is 12.6. The maximum Gasteiger partial charge on any atom is 0.0359 e. The Morgan fingerprint density at radius 1 is 1.27 bits per heavy atom. The maximum absolute atomic E-state index is 5.81. The van der Waals surface area contributed by atoms with Crippen LogP contribution in [0.5, 0.6) is 0 Å². The summed E-state index contributed by atoms with van der Waals surface area (Å²) in [5.74, 6) is 0. The smallest absolute Gasteiger partial charge is 0.0359 e. The van der Waals surface area contributed by atoms with Crippen LogP contribution in [0.1, 0.15) is 12.8 Å². The molecule has 0 fully saturated rings. The molecule has 0 aromatic rings. The topological polar surface area (TPSA) is 26.0 Å².